The number of nitrogens with one attached hydrogen (secondary N) is 1. The van der Waals surface area contributed by atoms with Gasteiger partial charge in [0.25, 0.3) is 5.56 Å². The molecule has 1 fully saturated rings. The molecule has 4 atom stereocenters. The highest BCUT2D eigenvalue weighted by molar-refractivity contribution is 7.73. The number of rotatable bonds is 8. The normalized spacial score (nSPS) is 28.1. The maximum absolute atomic E-state index is 11.9. The summed E-state index contributed by atoms with van der Waals surface area (Å²) in [7, 11) is -15.8. The molecule has 2 heterocycles. The number of nitrogens with zero attached hydrogens (tertiary/aromatic N) is 1. The van der Waals surface area contributed by atoms with Crippen LogP contribution >= 0.6 is 24.5 Å². The first-order valence-electron chi connectivity index (χ1n) is 7.64. The molecular weight excluding hydrogens is 481 g/mol. The quantitative estimate of drug-likeness (QED) is 0.155. The minimum atomic E-state index is -5.37. The largest absolute Gasteiger partial charge is 0.667 e. The Morgan fingerprint density at radius 2 is 1.73 bits per heavy atom. The average Bonchev–Trinajstić information content (AvgIpc) is 2.73. The van der Waals surface area contributed by atoms with Crippen LogP contribution in [0.2, 0.25) is 0 Å². The standard InChI is InChI=1S/C10H19N2O15P3/c1-10(16)7(14)5(25-8(10)12-3-2-6(13)11-9(12)15)4-24-29(20,21)27-30(22,23)26-28(17,18)19/h2-3,5,7-8,14,16-23H,4H2,1H3/q+2/p+1. The summed E-state index contributed by atoms with van der Waals surface area (Å²) in [5.74, 6) is 0. The number of aliphatic hydroxyl groups excluding tert-OH is 1. The van der Waals surface area contributed by atoms with E-state index >= 15 is 0 Å². The van der Waals surface area contributed by atoms with Gasteiger partial charge in [-0.05, 0) is 6.92 Å². The van der Waals surface area contributed by atoms with Crippen molar-refractivity contribution in [3.8, 4) is 0 Å². The SMILES string of the molecule is CC1(O)C(O)C(CO[P+](O)(O)O[P+](O)(O)O[P+](O)(O)O)OC1n1ccc(=O)[nH]c1=O. The van der Waals surface area contributed by atoms with E-state index in [-0.39, 0.29) is 0 Å². The fourth-order valence-electron chi connectivity index (χ4n) is 2.48. The zero-order chi connectivity index (χ0) is 23.1. The molecule has 1 saturated heterocycles. The summed E-state index contributed by atoms with van der Waals surface area (Å²) in [6.45, 7) is 0.125. The molecule has 30 heavy (non-hydrogen) atoms. The molecule has 17 nitrogen and oxygen atoms in total. The molecule has 1 aromatic heterocycles. The molecule has 0 bridgehead atoms. The number of hydrogen-bond donors (Lipinski definition) is 10. The number of aromatic nitrogens is 2. The van der Waals surface area contributed by atoms with Gasteiger partial charge in [-0.1, -0.05) is 0 Å². The van der Waals surface area contributed by atoms with Crippen LogP contribution in [0.4, 0.5) is 0 Å². The zero-order valence-corrected chi connectivity index (χ0v) is 17.5. The van der Waals surface area contributed by atoms with Crippen molar-refractivity contribution in [1.82, 2.24) is 9.55 Å². The van der Waals surface area contributed by atoms with E-state index in [1.165, 1.54) is 0 Å². The van der Waals surface area contributed by atoms with E-state index in [1.54, 1.807) is 0 Å². The van der Waals surface area contributed by atoms with Gasteiger partial charge in [-0.3, -0.25) is 14.3 Å². The molecule has 1 aromatic rings. The molecule has 0 aliphatic carbocycles. The first kappa shape index (κ1) is 25.7. The van der Waals surface area contributed by atoms with E-state index in [9.17, 15) is 39.4 Å². The lowest BCUT2D eigenvalue weighted by atomic mass is 9.96. The summed E-state index contributed by atoms with van der Waals surface area (Å²) in [4.78, 5) is 88.6. The number of ether oxygens (including phenoxy) is 1. The van der Waals surface area contributed by atoms with Crippen molar-refractivity contribution in [3.63, 3.8) is 0 Å². The van der Waals surface area contributed by atoms with Gasteiger partial charge >= 0.3 is 30.2 Å². The Kier molecular flexibility index (Phi) is 7.51. The average molecular weight is 501 g/mol. The molecule has 2 rings (SSSR count). The monoisotopic (exact) mass is 501 g/mol. The molecule has 0 aromatic carbocycles. The van der Waals surface area contributed by atoms with Crippen LogP contribution in [0.25, 0.3) is 0 Å². The third-order valence-electron chi connectivity index (χ3n) is 3.69. The van der Waals surface area contributed by atoms with Crippen LogP contribution in [0, 0.1) is 0 Å². The topological polar surface area (TPSA) is 274 Å². The van der Waals surface area contributed by atoms with Gasteiger partial charge < -0.3 is 14.9 Å². The molecule has 0 amide bonds. The maximum atomic E-state index is 11.9. The molecule has 0 saturated carbocycles. The minimum Gasteiger partial charge on any atom is -0.387 e. The highest BCUT2D eigenvalue weighted by Crippen LogP contribution is 2.75. The third-order valence-corrected chi connectivity index (χ3v) is 7.61. The van der Waals surface area contributed by atoms with Crippen molar-refractivity contribution in [2.75, 3.05) is 6.61 Å². The highest BCUT2D eigenvalue weighted by Gasteiger charge is 2.69. The van der Waals surface area contributed by atoms with Gasteiger partial charge in [0.05, 0.1) is 8.62 Å². The van der Waals surface area contributed by atoms with Crippen molar-refractivity contribution in [3.05, 3.63) is 33.1 Å². The smallest absolute Gasteiger partial charge is 0.387 e. The second-order valence-electron chi connectivity index (χ2n) is 6.17. The Morgan fingerprint density at radius 3 is 2.27 bits per heavy atom. The van der Waals surface area contributed by atoms with E-state index in [0.717, 1.165) is 23.8 Å². The van der Waals surface area contributed by atoms with Crippen LogP contribution in [0.15, 0.2) is 21.9 Å². The summed E-state index contributed by atoms with van der Waals surface area (Å²) in [6.07, 6.45) is -3.88. The van der Waals surface area contributed by atoms with Gasteiger partial charge in [0, 0.05) is 12.3 Å². The summed E-state index contributed by atoms with van der Waals surface area (Å²) < 4.78 is 18.1. The molecule has 0 spiro atoms. The molecule has 4 unspecified atom stereocenters. The van der Waals surface area contributed by atoms with Crippen LogP contribution in [0.5, 0.6) is 0 Å². The molecule has 1 aliphatic heterocycles. The third kappa shape index (κ3) is 6.48. The molecule has 20 heteroatoms. The number of H-pyrrole nitrogens is 1. The van der Waals surface area contributed by atoms with Gasteiger partial charge in [-0.25, -0.2) is 4.79 Å². The predicted octanol–water partition coefficient (Wildman–Crippen LogP) is -3.43. The Bertz CT molecular complexity index is 863. The van der Waals surface area contributed by atoms with Crippen LogP contribution < -0.4 is 11.2 Å². The minimum absolute atomic E-state index is 0.733. The van der Waals surface area contributed by atoms with Gasteiger partial charge in [0.1, 0.15) is 24.4 Å². The van der Waals surface area contributed by atoms with Crippen LogP contribution in [0.1, 0.15) is 13.2 Å². The molecule has 10 N–H and O–H groups in total. The summed E-state index contributed by atoms with van der Waals surface area (Å²) in [5.41, 5.74) is -3.85. The van der Waals surface area contributed by atoms with Crippen molar-refractivity contribution in [1.29, 1.82) is 0 Å². The molecule has 172 valence electrons. The Morgan fingerprint density at radius 1 is 1.13 bits per heavy atom. The second kappa shape index (κ2) is 8.77. The maximum Gasteiger partial charge on any atom is 0.667 e. The van der Waals surface area contributed by atoms with Crippen molar-refractivity contribution in [2.45, 2.75) is 31.0 Å². The Labute approximate surface area is 167 Å². The van der Waals surface area contributed by atoms with Gasteiger partial charge in [0.15, 0.2) is 6.23 Å². The van der Waals surface area contributed by atoms with Gasteiger partial charge in [-0.15, -0.1) is 4.52 Å². The summed E-state index contributed by atoms with van der Waals surface area (Å²) in [6, 6.07) is 0.945. The lowest BCUT2D eigenvalue weighted by Gasteiger charge is -2.27. The molecule has 1 aliphatic rings. The lowest BCUT2D eigenvalue weighted by molar-refractivity contribution is -0.0987. The number of aromatic amines is 1. The Balaban J connectivity index is 2.10. The van der Waals surface area contributed by atoms with E-state index in [2.05, 4.69) is 13.1 Å². The van der Waals surface area contributed by atoms with Crippen LogP contribution in [-0.2, 0) is 17.9 Å². The summed E-state index contributed by atoms with van der Waals surface area (Å²) >= 11 is 0. The second-order valence-corrected chi connectivity index (χ2v) is 10.7. The lowest BCUT2D eigenvalue weighted by Crippen LogP contribution is -2.46. The summed E-state index contributed by atoms with van der Waals surface area (Å²) in [5, 5.41) is 20.7. The van der Waals surface area contributed by atoms with Crippen molar-refractivity contribution in [2.24, 2.45) is 0 Å². The number of aliphatic hydroxyl groups is 2. The van der Waals surface area contributed by atoms with Crippen molar-refractivity contribution >= 4 is 24.5 Å². The van der Waals surface area contributed by atoms with Gasteiger partial charge in [-0.2, -0.15) is 34.3 Å². The first-order chi connectivity index (χ1) is 13.4. The van der Waals surface area contributed by atoms with Gasteiger partial charge in [0.2, 0.25) is 0 Å². The molecule has 0 radical (unpaired) electrons. The highest BCUT2D eigenvalue weighted by atomic mass is 31.3. The van der Waals surface area contributed by atoms with E-state index in [4.69, 9.17) is 19.4 Å². The van der Waals surface area contributed by atoms with Crippen molar-refractivity contribution < 1.29 is 62.3 Å². The first-order valence-corrected chi connectivity index (χ1v) is 12.3. The van der Waals surface area contributed by atoms with E-state index in [0.29, 0.717) is 0 Å². The van der Waals surface area contributed by atoms with E-state index < -0.39 is 66.4 Å². The molecular formula is C10H20N2O15P3+3. The van der Waals surface area contributed by atoms with Crippen LogP contribution in [0.3, 0.4) is 0 Å². The van der Waals surface area contributed by atoms with E-state index in [1.807, 2.05) is 4.98 Å². The van der Waals surface area contributed by atoms with Crippen LogP contribution in [-0.4, -0.2) is 78.4 Å². The fourth-order valence-corrected chi connectivity index (χ4v) is 5.65. The fraction of sp³-hybridized carbons (Fsp3) is 0.600. The zero-order valence-electron chi connectivity index (χ0n) is 14.9. The number of hydrogen-bond acceptors (Lipinski definition) is 15. The predicted molar refractivity (Wildman–Crippen MR) is 96.3 cm³/mol. The Hall–Kier alpha value is -0.550.